The van der Waals surface area contributed by atoms with Gasteiger partial charge in [-0.15, -0.1) is 0 Å². The van der Waals surface area contributed by atoms with E-state index in [1.807, 2.05) is 32.0 Å². The van der Waals surface area contributed by atoms with E-state index in [1.165, 1.54) is 18.2 Å². The van der Waals surface area contributed by atoms with Crippen molar-refractivity contribution in [1.82, 2.24) is 0 Å². The summed E-state index contributed by atoms with van der Waals surface area (Å²) in [7, 11) is 0. The monoisotopic (exact) mass is 277 g/mol. The minimum absolute atomic E-state index is 0.0633. The Morgan fingerprint density at radius 1 is 1.11 bits per heavy atom. The van der Waals surface area contributed by atoms with E-state index in [9.17, 15) is 9.18 Å². The number of amides is 1. The Labute approximate surface area is 116 Å². The van der Waals surface area contributed by atoms with Gasteiger partial charge in [-0.25, -0.2) is 4.39 Å². The zero-order valence-electron chi connectivity index (χ0n) is 10.6. The lowest BCUT2D eigenvalue weighted by Crippen LogP contribution is -2.14. The molecular weight excluding hydrogens is 265 g/mol. The molecule has 0 bridgehead atoms. The van der Waals surface area contributed by atoms with E-state index < -0.39 is 11.7 Å². The first kappa shape index (κ1) is 13.6. The normalized spacial score (nSPS) is 10.3. The Bertz CT molecular complexity index is 620. The van der Waals surface area contributed by atoms with E-state index in [1.54, 1.807) is 0 Å². The van der Waals surface area contributed by atoms with Gasteiger partial charge in [0, 0.05) is 10.7 Å². The number of benzene rings is 2. The fraction of sp³-hybridized carbons (Fsp3) is 0.133. The third-order valence-electron chi connectivity index (χ3n) is 2.65. The van der Waals surface area contributed by atoms with Crippen LogP contribution in [0.5, 0.6) is 0 Å². The topological polar surface area (TPSA) is 29.1 Å². The van der Waals surface area contributed by atoms with Crippen molar-refractivity contribution in [2.24, 2.45) is 0 Å². The number of aryl methyl sites for hydroxylation is 2. The highest BCUT2D eigenvalue weighted by atomic mass is 35.5. The predicted octanol–water partition coefficient (Wildman–Crippen LogP) is 4.35. The van der Waals surface area contributed by atoms with Gasteiger partial charge in [-0.2, -0.15) is 0 Å². The number of hydrogen-bond donors (Lipinski definition) is 1. The molecular formula is C15H13ClFNO. The van der Waals surface area contributed by atoms with Crippen LogP contribution in [0.25, 0.3) is 0 Å². The molecule has 0 radical (unpaired) electrons. The lowest BCUT2D eigenvalue weighted by Gasteiger charge is -2.08. The van der Waals surface area contributed by atoms with E-state index in [2.05, 4.69) is 5.32 Å². The zero-order chi connectivity index (χ0) is 14.0. The van der Waals surface area contributed by atoms with Crippen LogP contribution in [0.2, 0.25) is 5.02 Å². The average molecular weight is 278 g/mol. The Hall–Kier alpha value is -1.87. The fourth-order valence-electron chi connectivity index (χ4n) is 1.92. The molecule has 0 fully saturated rings. The van der Waals surface area contributed by atoms with Gasteiger partial charge >= 0.3 is 0 Å². The summed E-state index contributed by atoms with van der Waals surface area (Å²) in [4.78, 5) is 12.0. The van der Waals surface area contributed by atoms with Gasteiger partial charge in [-0.05, 0) is 55.3 Å². The molecule has 1 amide bonds. The quantitative estimate of drug-likeness (QED) is 0.869. The summed E-state index contributed by atoms with van der Waals surface area (Å²) in [5, 5.41) is 3.00. The van der Waals surface area contributed by atoms with E-state index in [4.69, 9.17) is 11.6 Å². The standard InChI is InChI=1S/C15H13ClFNO/c1-9-5-10(2)7-12(6-9)18-15(19)13-8-11(16)3-4-14(13)17/h3-8H,1-2H3,(H,18,19). The van der Waals surface area contributed by atoms with Crippen LogP contribution < -0.4 is 5.32 Å². The number of carbonyl (C=O) groups excluding carboxylic acids is 1. The van der Waals surface area contributed by atoms with Gasteiger partial charge in [0.1, 0.15) is 5.82 Å². The molecule has 0 aliphatic carbocycles. The van der Waals surface area contributed by atoms with Gasteiger partial charge in [-0.1, -0.05) is 17.7 Å². The molecule has 0 aromatic heterocycles. The molecule has 2 aromatic carbocycles. The fourth-order valence-corrected chi connectivity index (χ4v) is 2.09. The number of carbonyl (C=O) groups is 1. The molecule has 0 aliphatic heterocycles. The van der Waals surface area contributed by atoms with Crippen molar-refractivity contribution in [1.29, 1.82) is 0 Å². The molecule has 1 N–H and O–H groups in total. The highest BCUT2D eigenvalue weighted by Gasteiger charge is 2.12. The molecule has 98 valence electrons. The summed E-state index contributed by atoms with van der Waals surface area (Å²) in [6.07, 6.45) is 0. The van der Waals surface area contributed by atoms with Crippen molar-refractivity contribution in [2.75, 3.05) is 5.32 Å². The van der Waals surface area contributed by atoms with E-state index in [0.29, 0.717) is 10.7 Å². The van der Waals surface area contributed by atoms with Crippen molar-refractivity contribution in [3.8, 4) is 0 Å². The lowest BCUT2D eigenvalue weighted by atomic mass is 10.1. The SMILES string of the molecule is Cc1cc(C)cc(NC(=O)c2cc(Cl)ccc2F)c1. The van der Waals surface area contributed by atoms with Crippen LogP contribution in [0.15, 0.2) is 36.4 Å². The van der Waals surface area contributed by atoms with Crippen molar-refractivity contribution in [3.63, 3.8) is 0 Å². The maximum absolute atomic E-state index is 13.6. The number of nitrogens with one attached hydrogen (secondary N) is 1. The number of rotatable bonds is 2. The Balaban J connectivity index is 2.28. The first-order valence-corrected chi connectivity index (χ1v) is 6.18. The van der Waals surface area contributed by atoms with Crippen LogP contribution in [0.4, 0.5) is 10.1 Å². The van der Waals surface area contributed by atoms with Crippen LogP contribution in [0.3, 0.4) is 0 Å². The summed E-state index contributed by atoms with van der Waals surface area (Å²) in [5.41, 5.74) is 2.64. The minimum atomic E-state index is -0.591. The van der Waals surface area contributed by atoms with Gasteiger partial charge in [0.25, 0.3) is 5.91 Å². The Morgan fingerprint density at radius 3 is 2.37 bits per heavy atom. The molecule has 0 aliphatic rings. The second-order valence-corrected chi connectivity index (χ2v) is 4.89. The average Bonchev–Trinajstić information content (AvgIpc) is 2.30. The lowest BCUT2D eigenvalue weighted by molar-refractivity contribution is 0.102. The zero-order valence-corrected chi connectivity index (χ0v) is 11.4. The third-order valence-corrected chi connectivity index (χ3v) is 2.89. The largest absolute Gasteiger partial charge is 0.322 e. The number of anilines is 1. The third kappa shape index (κ3) is 3.32. The van der Waals surface area contributed by atoms with Crippen molar-refractivity contribution in [3.05, 3.63) is 63.9 Å². The van der Waals surface area contributed by atoms with Crippen molar-refractivity contribution < 1.29 is 9.18 Å². The van der Waals surface area contributed by atoms with E-state index in [0.717, 1.165) is 11.1 Å². The van der Waals surface area contributed by atoms with Gasteiger partial charge in [0.05, 0.1) is 5.56 Å². The highest BCUT2D eigenvalue weighted by molar-refractivity contribution is 6.31. The first-order chi connectivity index (χ1) is 8.95. The number of hydrogen-bond acceptors (Lipinski definition) is 1. The second-order valence-electron chi connectivity index (χ2n) is 4.45. The van der Waals surface area contributed by atoms with Crippen molar-refractivity contribution >= 4 is 23.2 Å². The Morgan fingerprint density at radius 2 is 1.74 bits per heavy atom. The molecule has 0 heterocycles. The molecule has 0 spiro atoms. The van der Waals surface area contributed by atoms with Crippen LogP contribution in [-0.2, 0) is 0 Å². The summed E-state index contributed by atoms with van der Waals surface area (Å²) < 4.78 is 13.6. The van der Waals surface area contributed by atoms with Crippen molar-refractivity contribution in [2.45, 2.75) is 13.8 Å². The first-order valence-electron chi connectivity index (χ1n) is 5.80. The second kappa shape index (κ2) is 5.41. The van der Waals surface area contributed by atoms with Gasteiger partial charge in [0.15, 0.2) is 0 Å². The molecule has 2 rings (SSSR count). The molecule has 4 heteroatoms. The van der Waals surface area contributed by atoms with E-state index >= 15 is 0 Å². The van der Waals surface area contributed by atoms with Gasteiger partial charge in [0.2, 0.25) is 0 Å². The molecule has 19 heavy (non-hydrogen) atoms. The van der Waals surface area contributed by atoms with Gasteiger partial charge < -0.3 is 5.32 Å². The molecule has 0 atom stereocenters. The molecule has 0 saturated carbocycles. The summed E-state index contributed by atoms with van der Waals surface area (Å²) in [6.45, 7) is 3.87. The molecule has 0 unspecified atom stereocenters. The minimum Gasteiger partial charge on any atom is -0.322 e. The van der Waals surface area contributed by atoms with E-state index in [-0.39, 0.29) is 5.56 Å². The number of halogens is 2. The smallest absolute Gasteiger partial charge is 0.258 e. The molecule has 2 nitrogen and oxygen atoms in total. The van der Waals surface area contributed by atoms with Crippen LogP contribution in [0.1, 0.15) is 21.5 Å². The molecule has 2 aromatic rings. The summed E-state index contributed by atoms with van der Waals surface area (Å²) in [5.74, 6) is -1.10. The summed E-state index contributed by atoms with van der Waals surface area (Å²) in [6, 6.07) is 9.55. The highest BCUT2D eigenvalue weighted by Crippen LogP contribution is 2.18. The predicted molar refractivity (Wildman–Crippen MR) is 75.3 cm³/mol. The van der Waals surface area contributed by atoms with Crippen LogP contribution in [0, 0.1) is 19.7 Å². The molecule has 0 saturated heterocycles. The maximum atomic E-state index is 13.6. The van der Waals surface area contributed by atoms with Gasteiger partial charge in [-0.3, -0.25) is 4.79 Å². The van der Waals surface area contributed by atoms with Crippen LogP contribution in [-0.4, -0.2) is 5.91 Å². The maximum Gasteiger partial charge on any atom is 0.258 e. The summed E-state index contributed by atoms with van der Waals surface area (Å²) >= 11 is 5.77. The van der Waals surface area contributed by atoms with Crippen LogP contribution >= 0.6 is 11.6 Å². The Kier molecular flexibility index (Phi) is 3.86.